The first-order chi connectivity index (χ1) is 13.9. The smallest absolute Gasteiger partial charge is 0.242 e. The highest BCUT2D eigenvalue weighted by Gasteiger charge is 2.19. The summed E-state index contributed by atoms with van der Waals surface area (Å²) in [5.41, 5.74) is 2.93. The number of hydrogen-bond donors (Lipinski definition) is 1. The molecule has 0 amide bonds. The molecule has 29 heavy (non-hydrogen) atoms. The quantitative estimate of drug-likeness (QED) is 0.562. The number of rotatable bonds is 9. The Labute approximate surface area is 176 Å². The Hall–Kier alpha value is -2.03. The molecule has 0 aliphatic rings. The summed E-state index contributed by atoms with van der Waals surface area (Å²) in [6, 6.07) is 19.0. The summed E-state index contributed by atoms with van der Waals surface area (Å²) >= 11 is 1.56. The van der Waals surface area contributed by atoms with Crippen LogP contribution < -0.4 is 0 Å². The van der Waals surface area contributed by atoms with Crippen molar-refractivity contribution in [3.8, 4) is 0 Å². The number of benzene rings is 2. The van der Waals surface area contributed by atoms with Crippen LogP contribution in [0.4, 0.5) is 0 Å². The first-order valence-electron chi connectivity index (χ1n) is 9.34. The van der Waals surface area contributed by atoms with Gasteiger partial charge >= 0.3 is 0 Å². The van der Waals surface area contributed by atoms with Crippen LogP contribution in [0.25, 0.3) is 0 Å². The fourth-order valence-electron chi connectivity index (χ4n) is 3.11. The molecule has 0 radical (unpaired) electrons. The molecule has 5 nitrogen and oxygen atoms in total. The maximum Gasteiger partial charge on any atom is 0.242 e. The van der Waals surface area contributed by atoms with E-state index < -0.39 is 16.1 Å². The van der Waals surface area contributed by atoms with E-state index >= 15 is 0 Å². The van der Waals surface area contributed by atoms with Gasteiger partial charge in [-0.1, -0.05) is 42.5 Å². The maximum atomic E-state index is 12.5. The first kappa shape index (κ1) is 21.7. The third-order valence-corrected chi connectivity index (χ3v) is 7.20. The Kier molecular flexibility index (Phi) is 7.21. The second-order valence-corrected chi connectivity index (χ2v) is 10.1. The minimum absolute atomic E-state index is 0.276. The number of aliphatic hydroxyl groups is 1. The standard InChI is InChI=1S/C22H26N2O3S2/c1-23(2)29(26,27)21-10-6-9-19(13-21)15-24(14-18-7-4-3-5-8-18)16-22(25)20-11-12-28-17-20/h3-13,17,22,25H,14-16H2,1-2H3. The van der Waals surface area contributed by atoms with E-state index in [-0.39, 0.29) is 4.90 Å². The Morgan fingerprint density at radius 2 is 1.66 bits per heavy atom. The summed E-state index contributed by atoms with van der Waals surface area (Å²) in [4.78, 5) is 2.41. The highest BCUT2D eigenvalue weighted by molar-refractivity contribution is 7.89. The molecule has 3 aromatic rings. The predicted molar refractivity (Wildman–Crippen MR) is 117 cm³/mol. The Morgan fingerprint density at radius 3 is 2.31 bits per heavy atom. The van der Waals surface area contributed by atoms with E-state index in [0.717, 1.165) is 16.7 Å². The molecule has 1 unspecified atom stereocenters. The van der Waals surface area contributed by atoms with Gasteiger partial charge in [0.15, 0.2) is 0 Å². The molecule has 0 bridgehead atoms. The van der Waals surface area contributed by atoms with Gasteiger partial charge in [0.2, 0.25) is 10.0 Å². The van der Waals surface area contributed by atoms with Crippen molar-refractivity contribution >= 4 is 21.4 Å². The zero-order valence-electron chi connectivity index (χ0n) is 16.6. The molecular formula is C22H26N2O3S2. The van der Waals surface area contributed by atoms with E-state index in [9.17, 15) is 13.5 Å². The molecule has 1 aromatic heterocycles. The zero-order valence-corrected chi connectivity index (χ0v) is 18.2. The van der Waals surface area contributed by atoms with E-state index in [4.69, 9.17) is 0 Å². The topological polar surface area (TPSA) is 60.9 Å². The molecule has 0 aliphatic carbocycles. The van der Waals surface area contributed by atoms with Crippen LogP contribution in [-0.4, -0.2) is 43.4 Å². The number of sulfonamides is 1. The molecule has 1 N–H and O–H groups in total. The Bertz CT molecular complexity index is 1000. The lowest BCUT2D eigenvalue weighted by Crippen LogP contribution is -2.28. The van der Waals surface area contributed by atoms with Gasteiger partial charge in [-0.3, -0.25) is 4.90 Å². The van der Waals surface area contributed by atoms with Gasteiger partial charge in [-0.2, -0.15) is 11.3 Å². The lowest BCUT2D eigenvalue weighted by atomic mass is 10.1. The van der Waals surface area contributed by atoms with Gasteiger partial charge in [0.05, 0.1) is 11.0 Å². The van der Waals surface area contributed by atoms with Crippen LogP contribution in [0.5, 0.6) is 0 Å². The zero-order chi connectivity index (χ0) is 20.9. The molecule has 0 spiro atoms. The molecule has 0 saturated carbocycles. The summed E-state index contributed by atoms with van der Waals surface area (Å²) in [5.74, 6) is 0. The van der Waals surface area contributed by atoms with Gasteiger partial charge in [0.1, 0.15) is 0 Å². The second-order valence-electron chi connectivity index (χ2n) is 7.16. The van der Waals surface area contributed by atoms with Crippen LogP contribution >= 0.6 is 11.3 Å². The fourth-order valence-corrected chi connectivity index (χ4v) is 4.79. The summed E-state index contributed by atoms with van der Waals surface area (Å²) in [5, 5.41) is 14.6. The van der Waals surface area contributed by atoms with Gasteiger partial charge in [-0.25, -0.2) is 12.7 Å². The normalized spacial score (nSPS) is 13.1. The molecule has 0 aliphatic heterocycles. The van der Waals surface area contributed by atoms with Crippen molar-refractivity contribution in [1.82, 2.24) is 9.21 Å². The number of hydrogen-bond acceptors (Lipinski definition) is 5. The van der Waals surface area contributed by atoms with Crippen molar-refractivity contribution < 1.29 is 13.5 Å². The van der Waals surface area contributed by atoms with Crippen LogP contribution in [0.15, 0.2) is 76.3 Å². The number of aliphatic hydroxyl groups excluding tert-OH is 1. The van der Waals surface area contributed by atoms with E-state index in [1.165, 1.54) is 18.4 Å². The molecule has 1 heterocycles. The molecule has 154 valence electrons. The molecule has 3 rings (SSSR count). The van der Waals surface area contributed by atoms with Crippen molar-refractivity contribution in [2.45, 2.75) is 24.1 Å². The van der Waals surface area contributed by atoms with Crippen LogP contribution in [0, 0.1) is 0 Å². The molecular weight excluding hydrogens is 404 g/mol. The largest absolute Gasteiger partial charge is 0.387 e. The van der Waals surface area contributed by atoms with Crippen molar-refractivity contribution in [2.24, 2.45) is 0 Å². The van der Waals surface area contributed by atoms with Crippen molar-refractivity contribution in [2.75, 3.05) is 20.6 Å². The average molecular weight is 431 g/mol. The van der Waals surface area contributed by atoms with Crippen LogP contribution in [0.3, 0.4) is 0 Å². The Morgan fingerprint density at radius 1 is 0.966 bits per heavy atom. The van der Waals surface area contributed by atoms with Crippen molar-refractivity contribution in [3.63, 3.8) is 0 Å². The van der Waals surface area contributed by atoms with Gasteiger partial charge in [-0.15, -0.1) is 0 Å². The highest BCUT2D eigenvalue weighted by atomic mass is 32.2. The molecule has 1 atom stereocenters. The average Bonchev–Trinajstić information content (AvgIpc) is 3.24. The van der Waals surface area contributed by atoms with Gasteiger partial charge in [-0.05, 0) is 45.6 Å². The van der Waals surface area contributed by atoms with Crippen molar-refractivity contribution in [3.05, 3.63) is 88.1 Å². The monoisotopic (exact) mass is 430 g/mol. The minimum Gasteiger partial charge on any atom is -0.387 e. The van der Waals surface area contributed by atoms with Gasteiger partial charge < -0.3 is 5.11 Å². The van der Waals surface area contributed by atoms with Crippen LogP contribution in [0.1, 0.15) is 22.8 Å². The second kappa shape index (κ2) is 9.65. The predicted octanol–water partition coefficient (Wildman–Crippen LogP) is 3.73. The third kappa shape index (κ3) is 5.74. The van der Waals surface area contributed by atoms with Crippen LogP contribution in [-0.2, 0) is 23.1 Å². The molecule has 2 aromatic carbocycles. The van der Waals surface area contributed by atoms with Crippen LogP contribution in [0.2, 0.25) is 0 Å². The van der Waals surface area contributed by atoms with E-state index in [0.29, 0.717) is 19.6 Å². The SMILES string of the molecule is CN(C)S(=O)(=O)c1cccc(CN(Cc2ccccc2)CC(O)c2ccsc2)c1. The first-order valence-corrected chi connectivity index (χ1v) is 11.7. The highest BCUT2D eigenvalue weighted by Crippen LogP contribution is 2.21. The summed E-state index contributed by atoms with van der Waals surface area (Å²) in [6.07, 6.45) is -0.598. The third-order valence-electron chi connectivity index (χ3n) is 4.69. The molecule has 7 heteroatoms. The molecule has 0 saturated heterocycles. The van der Waals surface area contributed by atoms with E-state index in [1.54, 1.807) is 29.5 Å². The van der Waals surface area contributed by atoms with Crippen molar-refractivity contribution in [1.29, 1.82) is 0 Å². The summed E-state index contributed by atoms with van der Waals surface area (Å²) < 4.78 is 26.2. The Balaban J connectivity index is 1.82. The lowest BCUT2D eigenvalue weighted by molar-refractivity contribution is 0.105. The number of thiophene rings is 1. The summed E-state index contributed by atoms with van der Waals surface area (Å²) in [6.45, 7) is 1.65. The maximum absolute atomic E-state index is 12.5. The summed E-state index contributed by atoms with van der Waals surface area (Å²) in [7, 11) is -0.428. The van der Waals surface area contributed by atoms with Gasteiger partial charge in [0.25, 0.3) is 0 Å². The minimum atomic E-state index is -3.49. The lowest BCUT2D eigenvalue weighted by Gasteiger charge is -2.25. The number of nitrogens with zero attached hydrogens (tertiary/aromatic N) is 2. The van der Waals surface area contributed by atoms with E-state index in [1.807, 2.05) is 41.1 Å². The van der Waals surface area contributed by atoms with E-state index in [2.05, 4.69) is 17.0 Å². The molecule has 0 fully saturated rings. The van der Waals surface area contributed by atoms with Gasteiger partial charge in [0, 0.05) is 33.7 Å². The fraction of sp³-hybridized carbons (Fsp3) is 0.273.